The Morgan fingerprint density at radius 1 is 1.06 bits per heavy atom. The number of benzene rings is 1. The number of nitrogens with zero attached hydrogens (tertiary/aromatic N) is 4. The lowest BCUT2D eigenvalue weighted by atomic mass is 10.3. The minimum atomic E-state index is 0.449. The van der Waals surface area contributed by atoms with Crippen LogP contribution in [-0.4, -0.2) is 19.6 Å². The number of ether oxygens (including phenoxy) is 1. The van der Waals surface area contributed by atoms with Gasteiger partial charge in [0.05, 0.1) is 17.2 Å². The highest BCUT2D eigenvalue weighted by Crippen LogP contribution is 2.22. The van der Waals surface area contributed by atoms with Gasteiger partial charge in [-0.05, 0) is 12.1 Å². The fourth-order valence-corrected chi connectivity index (χ4v) is 1.69. The van der Waals surface area contributed by atoms with E-state index in [0.717, 1.165) is 11.0 Å². The van der Waals surface area contributed by atoms with Gasteiger partial charge in [-0.2, -0.15) is 0 Å². The third kappa shape index (κ3) is 1.70. The van der Waals surface area contributed by atoms with Gasteiger partial charge in [0, 0.05) is 11.5 Å². The summed E-state index contributed by atoms with van der Waals surface area (Å²) in [6.07, 6.45) is 3.13. The maximum absolute atomic E-state index is 5.45. The highest BCUT2D eigenvalue weighted by molar-refractivity contribution is 7.07. The molecule has 0 aliphatic rings. The number of rotatable bonds is 2. The summed E-state index contributed by atoms with van der Waals surface area (Å²) < 4.78 is 9.15. The predicted octanol–water partition coefficient (Wildman–Crippen LogP) is 2.27. The Bertz CT molecular complexity index is 611. The van der Waals surface area contributed by atoms with Crippen LogP contribution in [0.15, 0.2) is 36.7 Å². The zero-order valence-electron chi connectivity index (χ0n) is 8.07. The zero-order valence-corrected chi connectivity index (χ0v) is 8.89. The van der Waals surface area contributed by atoms with Crippen molar-refractivity contribution in [1.29, 1.82) is 0 Å². The van der Waals surface area contributed by atoms with Crippen LogP contribution in [0.3, 0.4) is 0 Å². The third-order valence-corrected chi connectivity index (χ3v) is 2.52. The van der Waals surface area contributed by atoms with E-state index in [-0.39, 0.29) is 0 Å². The fraction of sp³-hybridized carbons (Fsp3) is 0. The molecule has 0 fully saturated rings. The van der Waals surface area contributed by atoms with Crippen molar-refractivity contribution in [2.75, 3.05) is 0 Å². The lowest BCUT2D eigenvalue weighted by Crippen LogP contribution is -1.89. The second-order valence-corrected chi connectivity index (χ2v) is 3.78. The molecule has 0 radical (unpaired) electrons. The highest BCUT2D eigenvalue weighted by atomic mass is 32.1. The minimum Gasteiger partial charge on any atom is -0.423 e. The van der Waals surface area contributed by atoms with E-state index in [1.54, 1.807) is 12.4 Å². The summed E-state index contributed by atoms with van der Waals surface area (Å²) in [5.41, 5.74) is 1.65. The van der Waals surface area contributed by atoms with Crippen molar-refractivity contribution in [3.05, 3.63) is 36.7 Å². The first-order valence-electron chi connectivity index (χ1n) is 4.59. The molecule has 0 N–H and O–H groups in total. The Kier molecular flexibility index (Phi) is 2.19. The zero-order chi connectivity index (χ0) is 10.8. The molecule has 0 atom stereocenters. The van der Waals surface area contributed by atoms with Crippen LogP contribution < -0.4 is 4.74 Å². The molecule has 6 heteroatoms. The van der Waals surface area contributed by atoms with Crippen molar-refractivity contribution in [1.82, 2.24) is 19.6 Å². The molecule has 5 nitrogen and oxygen atoms in total. The predicted molar refractivity (Wildman–Crippen MR) is 59.5 cm³/mol. The molecule has 0 unspecified atom stereocenters. The van der Waals surface area contributed by atoms with Gasteiger partial charge in [-0.1, -0.05) is 16.6 Å². The first-order chi connectivity index (χ1) is 7.92. The molecule has 78 valence electrons. The van der Waals surface area contributed by atoms with Gasteiger partial charge in [0.1, 0.15) is 6.20 Å². The number of para-hydroxylation sites is 2. The van der Waals surface area contributed by atoms with Gasteiger partial charge in [0.2, 0.25) is 10.9 Å². The summed E-state index contributed by atoms with van der Waals surface area (Å²) in [7, 11) is 0. The summed E-state index contributed by atoms with van der Waals surface area (Å²) in [4.78, 5) is 8.55. The molecule has 3 aromatic rings. The topological polar surface area (TPSA) is 60.8 Å². The van der Waals surface area contributed by atoms with E-state index >= 15 is 0 Å². The van der Waals surface area contributed by atoms with E-state index in [9.17, 15) is 0 Å². The lowest BCUT2D eigenvalue weighted by Gasteiger charge is -2.01. The summed E-state index contributed by atoms with van der Waals surface area (Å²) >= 11 is 1.17. The molecule has 0 aliphatic carbocycles. The number of hydrogen-bond donors (Lipinski definition) is 0. The van der Waals surface area contributed by atoms with Gasteiger partial charge in [0.15, 0.2) is 0 Å². The summed E-state index contributed by atoms with van der Waals surface area (Å²) in [5.74, 6) is 0.449. The lowest BCUT2D eigenvalue weighted by molar-refractivity contribution is 0.474. The molecule has 0 aliphatic heterocycles. The first kappa shape index (κ1) is 9.17. The Labute approximate surface area is 94.9 Å². The maximum atomic E-state index is 5.45. The Morgan fingerprint density at radius 3 is 2.75 bits per heavy atom. The van der Waals surface area contributed by atoms with Gasteiger partial charge >= 0.3 is 0 Å². The van der Waals surface area contributed by atoms with Crippen molar-refractivity contribution in [3.8, 4) is 10.9 Å². The van der Waals surface area contributed by atoms with E-state index < -0.39 is 0 Å². The van der Waals surface area contributed by atoms with E-state index in [4.69, 9.17) is 4.74 Å². The molecular formula is C10H6N4OS. The van der Waals surface area contributed by atoms with Crippen molar-refractivity contribution >= 4 is 22.6 Å². The second kappa shape index (κ2) is 3.82. The quantitative estimate of drug-likeness (QED) is 0.675. The summed E-state index contributed by atoms with van der Waals surface area (Å²) in [5, 5.41) is 4.28. The van der Waals surface area contributed by atoms with E-state index in [1.165, 1.54) is 11.5 Å². The van der Waals surface area contributed by atoms with Crippen LogP contribution in [0.25, 0.3) is 11.0 Å². The van der Waals surface area contributed by atoms with Crippen LogP contribution in [0.2, 0.25) is 0 Å². The van der Waals surface area contributed by atoms with Gasteiger partial charge in [-0.25, -0.2) is 9.97 Å². The first-order valence-corrected chi connectivity index (χ1v) is 5.36. The SMILES string of the molecule is c1ccc2nc(Oc3cnns3)cnc2c1. The second-order valence-electron chi connectivity index (χ2n) is 3.04. The van der Waals surface area contributed by atoms with Crippen molar-refractivity contribution in [2.45, 2.75) is 0 Å². The maximum Gasteiger partial charge on any atom is 0.239 e. The van der Waals surface area contributed by atoms with Crippen LogP contribution in [-0.2, 0) is 0 Å². The van der Waals surface area contributed by atoms with Crippen molar-refractivity contribution < 1.29 is 4.74 Å². The van der Waals surface area contributed by atoms with Gasteiger partial charge in [0.25, 0.3) is 0 Å². The molecule has 1 aromatic carbocycles. The van der Waals surface area contributed by atoms with Crippen LogP contribution in [0, 0.1) is 0 Å². The third-order valence-electron chi connectivity index (χ3n) is 1.97. The van der Waals surface area contributed by atoms with Gasteiger partial charge in [-0.3, -0.25) is 0 Å². The average molecular weight is 230 g/mol. The Morgan fingerprint density at radius 2 is 1.94 bits per heavy atom. The smallest absolute Gasteiger partial charge is 0.239 e. The summed E-state index contributed by atoms with van der Waals surface area (Å²) in [6, 6.07) is 7.63. The van der Waals surface area contributed by atoms with Gasteiger partial charge < -0.3 is 4.74 Å². The molecule has 0 saturated carbocycles. The molecule has 16 heavy (non-hydrogen) atoms. The molecule has 2 heterocycles. The number of fused-ring (bicyclic) bond motifs is 1. The molecule has 0 saturated heterocycles. The van der Waals surface area contributed by atoms with Crippen LogP contribution in [0.5, 0.6) is 10.9 Å². The van der Waals surface area contributed by atoms with Crippen LogP contribution >= 0.6 is 11.5 Å². The normalized spacial score (nSPS) is 10.5. The highest BCUT2D eigenvalue weighted by Gasteiger charge is 2.03. The fourth-order valence-electron chi connectivity index (χ4n) is 1.30. The molecular weight excluding hydrogens is 224 g/mol. The molecule has 0 spiro atoms. The van der Waals surface area contributed by atoms with Crippen molar-refractivity contribution in [3.63, 3.8) is 0 Å². The monoisotopic (exact) mass is 230 g/mol. The summed E-state index contributed by atoms with van der Waals surface area (Å²) in [6.45, 7) is 0. The largest absolute Gasteiger partial charge is 0.423 e. The molecule has 0 bridgehead atoms. The molecule has 0 amide bonds. The van der Waals surface area contributed by atoms with Crippen molar-refractivity contribution in [2.24, 2.45) is 0 Å². The standard InChI is InChI=1S/C10H6N4OS/c1-2-4-8-7(3-1)11-5-9(13-8)15-10-6-12-14-16-10/h1-6H. The number of hydrogen-bond acceptors (Lipinski definition) is 6. The molecule has 2 aromatic heterocycles. The Hall–Kier alpha value is -2.08. The number of aromatic nitrogens is 4. The van der Waals surface area contributed by atoms with E-state index in [1.807, 2.05) is 24.3 Å². The minimum absolute atomic E-state index is 0.449. The average Bonchev–Trinajstić information content (AvgIpc) is 2.82. The van der Waals surface area contributed by atoms with Gasteiger partial charge in [-0.15, -0.1) is 5.10 Å². The van der Waals surface area contributed by atoms with E-state index in [2.05, 4.69) is 19.6 Å². The molecule has 3 rings (SSSR count). The van der Waals surface area contributed by atoms with E-state index in [0.29, 0.717) is 10.9 Å². The van der Waals surface area contributed by atoms with Crippen LogP contribution in [0.4, 0.5) is 0 Å². The van der Waals surface area contributed by atoms with Crippen LogP contribution in [0.1, 0.15) is 0 Å². The Balaban J connectivity index is 1.99.